The number of carbonyl (C=O) groups excluding carboxylic acids is 2. The summed E-state index contributed by atoms with van der Waals surface area (Å²) in [5, 5.41) is 2.88. The normalized spacial score (nSPS) is 10.4. The summed E-state index contributed by atoms with van der Waals surface area (Å²) in [5.74, 6) is 1.88. The number of hydrogen-bond donors (Lipinski definition) is 1. The summed E-state index contributed by atoms with van der Waals surface area (Å²) in [7, 11) is 1.60. The quantitative estimate of drug-likeness (QED) is 0.515. The van der Waals surface area contributed by atoms with Crippen LogP contribution in [0.15, 0.2) is 42.6 Å². The zero-order valence-corrected chi connectivity index (χ0v) is 18.7. The molecular weight excluding hydrogens is 394 g/mol. The fourth-order valence-corrected chi connectivity index (χ4v) is 3.11. The topological polar surface area (TPSA) is 80.8 Å². The van der Waals surface area contributed by atoms with Gasteiger partial charge in [0, 0.05) is 50.8 Å². The molecular formula is C24H33N3O4. The van der Waals surface area contributed by atoms with Crippen molar-refractivity contribution in [3.63, 3.8) is 0 Å². The summed E-state index contributed by atoms with van der Waals surface area (Å²) in [5.41, 5.74) is 0.875. The van der Waals surface area contributed by atoms with Crippen LogP contribution in [0.25, 0.3) is 0 Å². The van der Waals surface area contributed by atoms with Crippen LogP contribution in [0.5, 0.6) is 17.4 Å². The first kappa shape index (κ1) is 24.2. The predicted molar refractivity (Wildman–Crippen MR) is 120 cm³/mol. The molecule has 0 saturated heterocycles. The number of pyridine rings is 1. The van der Waals surface area contributed by atoms with E-state index < -0.39 is 0 Å². The number of nitrogens with one attached hydrogen (secondary N) is 1. The highest BCUT2D eigenvalue weighted by Crippen LogP contribution is 2.23. The van der Waals surface area contributed by atoms with Gasteiger partial charge >= 0.3 is 0 Å². The lowest BCUT2D eigenvalue weighted by atomic mass is 10.2. The van der Waals surface area contributed by atoms with Gasteiger partial charge in [0.2, 0.25) is 17.7 Å². The number of ether oxygens (including phenoxy) is 2. The number of carbonyl (C=O) groups is 2. The first-order valence-electron chi connectivity index (χ1n) is 10.9. The molecule has 2 aromatic rings. The highest BCUT2D eigenvalue weighted by Gasteiger charge is 2.12. The molecule has 0 atom stereocenters. The van der Waals surface area contributed by atoms with E-state index in [2.05, 4.69) is 24.1 Å². The van der Waals surface area contributed by atoms with Gasteiger partial charge in [0.15, 0.2) is 0 Å². The van der Waals surface area contributed by atoms with Gasteiger partial charge in [-0.2, -0.15) is 0 Å². The molecule has 0 saturated carbocycles. The standard InChI is InChI=1S/C24H33N3O4/c1-4-14-27(15-5-2)24(29)11-7-10-22(28)25-17-19-12-13-23(26-18-19)31-21-9-6-8-20(16-21)30-3/h6,8-9,12-13,16,18H,4-5,7,10-11,14-15,17H2,1-3H3,(H,25,28). The lowest BCUT2D eigenvalue weighted by Crippen LogP contribution is -2.32. The maximum atomic E-state index is 12.2. The molecule has 7 nitrogen and oxygen atoms in total. The Morgan fingerprint density at radius 3 is 2.42 bits per heavy atom. The zero-order valence-electron chi connectivity index (χ0n) is 18.7. The van der Waals surface area contributed by atoms with E-state index in [1.807, 2.05) is 29.2 Å². The smallest absolute Gasteiger partial charge is 0.222 e. The van der Waals surface area contributed by atoms with Crippen LogP contribution in [-0.4, -0.2) is 41.9 Å². The first-order chi connectivity index (χ1) is 15.0. The molecule has 0 aliphatic rings. The van der Waals surface area contributed by atoms with Gasteiger partial charge < -0.3 is 19.7 Å². The largest absolute Gasteiger partial charge is 0.497 e. The molecule has 31 heavy (non-hydrogen) atoms. The zero-order chi connectivity index (χ0) is 22.5. The molecule has 0 radical (unpaired) electrons. The van der Waals surface area contributed by atoms with Crippen LogP contribution in [0.3, 0.4) is 0 Å². The molecule has 2 amide bonds. The van der Waals surface area contributed by atoms with Crippen LogP contribution in [0, 0.1) is 0 Å². The van der Waals surface area contributed by atoms with E-state index >= 15 is 0 Å². The fourth-order valence-electron chi connectivity index (χ4n) is 3.11. The van der Waals surface area contributed by atoms with E-state index in [1.165, 1.54) is 0 Å². The van der Waals surface area contributed by atoms with Crippen molar-refractivity contribution in [2.75, 3.05) is 20.2 Å². The lowest BCUT2D eigenvalue weighted by molar-refractivity contribution is -0.131. The number of hydrogen-bond acceptors (Lipinski definition) is 5. The van der Waals surface area contributed by atoms with E-state index in [0.29, 0.717) is 43.2 Å². The minimum atomic E-state index is -0.0676. The second kappa shape index (κ2) is 13.3. The van der Waals surface area contributed by atoms with Crippen molar-refractivity contribution >= 4 is 11.8 Å². The summed E-state index contributed by atoms with van der Waals surface area (Å²) in [6.45, 7) is 6.08. The van der Waals surface area contributed by atoms with Gasteiger partial charge in [0.1, 0.15) is 11.5 Å². The van der Waals surface area contributed by atoms with E-state index in [9.17, 15) is 9.59 Å². The summed E-state index contributed by atoms with van der Waals surface area (Å²) >= 11 is 0. The maximum absolute atomic E-state index is 12.2. The van der Waals surface area contributed by atoms with E-state index in [0.717, 1.165) is 31.5 Å². The summed E-state index contributed by atoms with van der Waals surface area (Å²) in [6, 6.07) is 10.9. The number of rotatable bonds is 13. The fraction of sp³-hybridized carbons (Fsp3) is 0.458. The minimum absolute atomic E-state index is 0.0676. The Hall–Kier alpha value is -3.09. The monoisotopic (exact) mass is 427 g/mol. The molecule has 0 aliphatic carbocycles. The van der Waals surface area contributed by atoms with Crippen molar-refractivity contribution in [2.45, 2.75) is 52.5 Å². The predicted octanol–water partition coefficient (Wildman–Crippen LogP) is 4.32. The average Bonchev–Trinajstić information content (AvgIpc) is 2.78. The molecule has 0 fully saturated rings. The van der Waals surface area contributed by atoms with Gasteiger partial charge in [-0.05, 0) is 37.0 Å². The molecule has 0 unspecified atom stereocenters. The third-order valence-electron chi connectivity index (χ3n) is 4.69. The molecule has 0 spiro atoms. The van der Waals surface area contributed by atoms with Gasteiger partial charge in [0.25, 0.3) is 0 Å². The Morgan fingerprint density at radius 1 is 1.03 bits per heavy atom. The lowest BCUT2D eigenvalue weighted by Gasteiger charge is -2.21. The molecule has 1 aromatic heterocycles. The number of benzene rings is 1. The van der Waals surface area contributed by atoms with Gasteiger partial charge in [-0.25, -0.2) is 4.98 Å². The minimum Gasteiger partial charge on any atom is -0.497 e. The Kier molecular flexibility index (Phi) is 10.3. The maximum Gasteiger partial charge on any atom is 0.222 e. The third-order valence-corrected chi connectivity index (χ3v) is 4.69. The molecule has 1 aromatic carbocycles. The third kappa shape index (κ3) is 8.66. The van der Waals surface area contributed by atoms with Crippen molar-refractivity contribution in [2.24, 2.45) is 0 Å². The summed E-state index contributed by atoms with van der Waals surface area (Å²) in [4.78, 5) is 30.5. The molecule has 1 heterocycles. The van der Waals surface area contributed by atoms with Gasteiger partial charge in [0.05, 0.1) is 7.11 Å². The van der Waals surface area contributed by atoms with Crippen LogP contribution in [0.1, 0.15) is 51.5 Å². The molecule has 2 rings (SSSR count). The second-order valence-corrected chi connectivity index (χ2v) is 7.30. The second-order valence-electron chi connectivity index (χ2n) is 7.30. The Balaban J connectivity index is 1.72. The Bertz CT molecular complexity index is 818. The van der Waals surface area contributed by atoms with Crippen LogP contribution in [-0.2, 0) is 16.1 Å². The summed E-state index contributed by atoms with van der Waals surface area (Å²) in [6.07, 6.45) is 4.87. The van der Waals surface area contributed by atoms with Crippen molar-refractivity contribution in [3.8, 4) is 17.4 Å². The molecule has 0 bridgehead atoms. The Labute approximate surface area is 184 Å². The molecule has 168 valence electrons. The van der Waals surface area contributed by atoms with Crippen LogP contribution in [0.4, 0.5) is 0 Å². The number of methoxy groups -OCH3 is 1. The van der Waals surface area contributed by atoms with Crippen molar-refractivity contribution < 1.29 is 19.1 Å². The average molecular weight is 428 g/mol. The van der Waals surface area contributed by atoms with Crippen molar-refractivity contribution in [1.29, 1.82) is 0 Å². The number of amides is 2. The molecule has 7 heteroatoms. The summed E-state index contributed by atoms with van der Waals surface area (Å²) < 4.78 is 10.9. The van der Waals surface area contributed by atoms with Crippen molar-refractivity contribution in [3.05, 3.63) is 48.2 Å². The van der Waals surface area contributed by atoms with Gasteiger partial charge in [-0.15, -0.1) is 0 Å². The number of aromatic nitrogens is 1. The van der Waals surface area contributed by atoms with E-state index in [1.54, 1.807) is 25.4 Å². The Morgan fingerprint density at radius 2 is 1.77 bits per heavy atom. The van der Waals surface area contributed by atoms with E-state index in [4.69, 9.17) is 9.47 Å². The number of nitrogens with zero attached hydrogens (tertiary/aromatic N) is 2. The van der Waals surface area contributed by atoms with Crippen molar-refractivity contribution in [1.82, 2.24) is 15.2 Å². The molecule has 0 aliphatic heterocycles. The van der Waals surface area contributed by atoms with Crippen LogP contribution < -0.4 is 14.8 Å². The highest BCUT2D eigenvalue weighted by atomic mass is 16.5. The van der Waals surface area contributed by atoms with Crippen LogP contribution in [0.2, 0.25) is 0 Å². The molecule has 1 N–H and O–H groups in total. The van der Waals surface area contributed by atoms with Gasteiger partial charge in [-0.3, -0.25) is 9.59 Å². The van der Waals surface area contributed by atoms with Crippen LogP contribution >= 0.6 is 0 Å². The van der Waals surface area contributed by atoms with E-state index in [-0.39, 0.29) is 11.8 Å². The highest BCUT2D eigenvalue weighted by molar-refractivity contribution is 5.79. The SMILES string of the molecule is CCCN(CCC)C(=O)CCCC(=O)NCc1ccc(Oc2cccc(OC)c2)nc1. The van der Waals surface area contributed by atoms with Gasteiger partial charge in [-0.1, -0.05) is 26.0 Å². The first-order valence-corrected chi connectivity index (χ1v) is 10.9.